The first-order valence-electron chi connectivity index (χ1n) is 7.59. The highest BCUT2D eigenvalue weighted by atomic mass is 35.5. The van der Waals surface area contributed by atoms with Crippen molar-refractivity contribution in [3.8, 4) is 11.5 Å². The second-order valence-corrected chi connectivity index (χ2v) is 5.09. The highest BCUT2D eigenvalue weighted by Gasteiger charge is 2.09. The molecular formula is C19H23ClN2O3. The Morgan fingerprint density at radius 2 is 1.96 bits per heavy atom. The van der Waals surface area contributed by atoms with Gasteiger partial charge in [-0.3, -0.25) is 0 Å². The standard InChI is InChI=1S/C17H18N2O3.C2H5Cl/c1-5-7-12(6-2)16-11-18-17(22-16)19-13-8-9-14(20-3)15(10-13)21-4;1-2-3/h5-11H,1-2H2,3-4H3,(H,18,19);2H2,1H3/b12-7+;. The molecule has 1 aromatic carbocycles. The van der Waals surface area contributed by atoms with Crippen LogP contribution in [0.15, 0.2) is 60.2 Å². The van der Waals surface area contributed by atoms with Crippen LogP contribution in [0.1, 0.15) is 12.7 Å². The molecule has 5 nitrogen and oxygen atoms in total. The Morgan fingerprint density at radius 1 is 1.28 bits per heavy atom. The average molecular weight is 363 g/mol. The van der Waals surface area contributed by atoms with E-state index < -0.39 is 0 Å². The number of ether oxygens (including phenoxy) is 2. The summed E-state index contributed by atoms with van der Waals surface area (Å²) in [6, 6.07) is 5.83. The van der Waals surface area contributed by atoms with Gasteiger partial charge in [0.2, 0.25) is 0 Å². The Bertz CT molecular complexity index is 723. The number of anilines is 2. The van der Waals surface area contributed by atoms with E-state index in [1.54, 1.807) is 50.8 Å². The molecule has 0 fully saturated rings. The zero-order valence-corrected chi connectivity index (χ0v) is 15.5. The van der Waals surface area contributed by atoms with Gasteiger partial charge in [0.25, 0.3) is 6.01 Å². The normalized spacial score (nSPS) is 10.3. The fraction of sp³-hybridized carbons (Fsp3) is 0.211. The van der Waals surface area contributed by atoms with Crippen LogP contribution in [0.2, 0.25) is 0 Å². The van der Waals surface area contributed by atoms with Crippen LogP contribution in [-0.2, 0) is 0 Å². The SMILES string of the molecule is C=C/C=C(\C=C)c1cnc(Nc2ccc(OC)c(OC)c2)o1.CCCl. The molecule has 0 saturated heterocycles. The van der Waals surface area contributed by atoms with Gasteiger partial charge in [-0.2, -0.15) is 0 Å². The molecule has 25 heavy (non-hydrogen) atoms. The van der Waals surface area contributed by atoms with Crippen LogP contribution in [-0.4, -0.2) is 25.1 Å². The number of allylic oxidation sites excluding steroid dienone is 4. The number of hydrogen-bond donors (Lipinski definition) is 1. The first-order chi connectivity index (χ1) is 12.1. The number of hydrogen-bond acceptors (Lipinski definition) is 5. The second kappa shape index (κ2) is 11.0. The Balaban J connectivity index is 0.000000970. The molecule has 0 bridgehead atoms. The lowest BCUT2D eigenvalue weighted by Crippen LogP contribution is -1.94. The van der Waals surface area contributed by atoms with E-state index in [9.17, 15) is 0 Å². The quantitative estimate of drug-likeness (QED) is 0.525. The van der Waals surface area contributed by atoms with Crippen molar-refractivity contribution in [2.75, 3.05) is 25.4 Å². The zero-order valence-electron chi connectivity index (χ0n) is 14.7. The predicted octanol–water partition coefficient (Wildman–Crippen LogP) is 5.44. The van der Waals surface area contributed by atoms with Gasteiger partial charge in [-0.1, -0.05) is 38.3 Å². The number of rotatable bonds is 7. The fourth-order valence-corrected chi connectivity index (χ4v) is 1.88. The van der Waals surface area contributed by atoms with Crippen LogP contribution in [0.5, 0.6) is 11.5 Å². The molecule has 2 aromatic rings. The number of nitrogens with zero attached hydrogens (tertiary/aromatic N) is 1. The molecule has 0 atom stereocenters. The minimum Gasteiger partial charge on any atom is -0.493 e. The lowest BCUT2D eigenvalue weighted by atomic mass is 10.2. The summed E-state index contributed by atoms with van der Waals surface area (Å²) in [6.07, 6.45) is 6.77. The van der Waals surface area contributed by atoms with Crippen LogP contribution in [0.3, 0.4) is 0 Å². The van der Waals surface area contributed by atoms with E-state index in [0.29, 0.717) is 23.3 Å². The van der Waals surface area contributed by atoms with E-state index in [1.807, 2.05) is 13.0 Å². The lowest BCUT2D eigenvalue weighted by molar-refractivity contribution is 0.355. The number of oxazole rings is 1. The molecular weight excluding hydrogens is 340 g/mol. The Labute approximate surface area is 153 Å². The zero-order chi connectivity index (χ0) is 18.7. The summed E-state index contributed by atoms with van der Waals surface area (Å²) in [5, 5.41) is 3.07. The highest BCUT2D eigenvalue weighted by Crippen LogP contribution is 2.31. The number of alkyl halides is 1. The van der Waals surface area contributed by atoms with Crippen molar-refractivity contribution in [2.24, 2.45) is 0 Å². The molecule has 1 aromatic heterocycles. The van der Waals surface area contributed by atoms with Crippen LogP contribution in [0.4, 0.5) is 11.7 Å². The lowest BCUT2D eigenvalue weighted by Gasteiger charge is -2.09. The van der Waals surface area contributed by atoms with Crippen LogP contribution in [0, 0.1) is 0 Å². The van der Waals surface area contributed by atoms with Crippen molar-refractivity contribution in [3.63, 3.8) is 0 Å². The van der Waals surface area contributed by atoms with Gasteiger partial charge in [0.15, 0.2) is 17.3 Å². The van der Waals surface area contributed by atoms with Crippen LogP contribution in [0.25, 0.3) is 5.57 Å². The summed E-state index contributed by atoms with van der Waals surface area (Å²) in [4.78, 5) is 4.19. The monoisotopic (exact) mass is 362 g/mol. The van der Waals surface area contributed by atoms with E-state index >= 15 is 0 Å². The van der Waals surface area contributed by atoms with Crippen molar-refractivity contribution in [2.45, 2.75) is 6.92 Å². The molecule has 134 valence electrons. The molecule has 2 rings (SSSR count). The highest BCUT2D eigenvalue weighted by molar-refractivity contribution is 6.17. The molecule has 0 spiro atoms. The maximum Gasteiger partial charge on any atom is 0.299 e. The van der Waals surface area contributed by atoms with Gasteiger partial charge >= 0.3 is 0 Å². The maximum absolute atomic E-state index is 5.64. The van der Waals surface area contributed by atoms with E-state index in [1.165, 1.54) is 0 Å². The molecule has 0 saturated carbocycles. The van der Waals surface area contributed by atoms with E-state index in [2.05, 4.69) is 23.5 Å². The molecule has 0 aliphatic heterocycles. The fourth-order valence-electron chi connectivity index (χ4n) is 1.88. The molecule has 0 radical (unpaired) electrons. The first kappa shape index (κ1) is 20.4. The summed E-state index contributed by atoms with van der Waals surface area (Å²) in [5.41, 5.74) is 1.58. The predicted molar refractivity (Wildman–Crippen MR) is 104 cm³/mol. The molecule has 0 unspecified atom stereocenters. The Kier molecular flexibility index (Phi) is 8.96. The van der Waals surface area contributed by atoms with Crippen molar-refractivity contribution in [1.82, 2.24) is 4.98 Å². The molecule has 0 amide bonds. The number of aromatic nitrogens is 1. The Hall–Kier alpha value is -2.66. The first-order valence-corrected chi connectivity index (χ1v) is 8.13. The number of methoxy groups -OCH3 is 2. The molecule has 0 aliphatic carbocycles. The number of benzene rings is 1. The summed E-state index contributed by atoms with van der Waals surface area (Å²) in [6.45, 7) is 9.28. The van der Waals surface area contributed by atoms with Crippen molar-refractivity contribution in [1.29, 1.82) is 0 Å². The van der Waals surface area contributed by atoms with Crippen LogP contribution < -0.4 is 14.8 Å². The minimum atomic E-state index is 0.374. The minimum absolute atomic E-state index is 0.374. The van der Waals surface area contributed by atoms with Gasteiger partial charge in [-0.25, -0.2) is 4.98 Å². The van der Waals surface area contributed by atoms with Crippen molar-refractivity contribution < 1.29 is 13.9 Å². The molecule has 1 heterocycles. The number of nitrogens with one attached hydrogen (secondary N) is 1. The smallest absolute Gasteiger partial charge is 0.299 e. The van der Waals surface area contributed by atoms with Gasteiger partial charge in [-0.05, 0) is 12.1 Å². The van der Waals surface area contributed by atoms with Crippen molar-refractivity contribution >= 4 is 28.9 Å². The van der Waals surface area contributed by atoms with Crippen molar-refractivity contribution in [3.05, 3.63) is 61.5 Å². The van der Waals surface area contributed by atoms with E-state index in [0.717, 1.165) is 17.1 Å². The third kappa shape index (κ3) is 6.04. The topological polar surface area (TPSA) is 56.5 Å². The largest absolute Gasteiger partial charge is 0.493 e. The molecule has 1 N–H and O–H groups in total. The molecule has 0 aliphatic rings. The summed E-state index contributed by atoms with van der Waals surface area (Å²) >= 11 is 5.00. The van der Waals surface area contributed by atoms with E-state index in [-0.39, 0.29) is 0 Å². The average Bonchev–Trinajstić information content (AvgIpc) is 3.08. The Morgan fingerprint density at radius 3 is 2.52 bits per heavy atom. The second-order valence-electron chi connectivity index (χ2n) is 4.55. The van der Waals surface area contributed by atoms with Gasteiger partial charge < -0.3 is 19.2 Å². The van der Waals surface area contributed by atoms with E-state index in [4.69, 9.17) is 25.5 Å². The van der Waals surface area contributed by atoms with Gasteiger partial charge in [0, 0.05) is 23.2 Å². The maximum atomic E-state index is 5.64. The number of halogens is 1. The van der Waals surface area contributed by atoms with Gasteiger partial charge in [-0.15, -0.1) is 11.6 Å². The van der Waals surface area contributed by atoms with Gasteiger partial charge in [0.05, 0.1) is 20.4 Å². The molecule has 6 heteroatoms. The summed E-state index contributed by atoms with van der Waals surface area (Å²) < 4.78 is 16.1. The summed E-state index contributed by atoms with van der Waals surface area (Å²) in [7, 11) is 3.18. The van der Waals surface area contributed by atoms with Gasteiger partial charge in [0.1, 0.15) is 0 Å². The summed E-state index contributed by atoms with van der Waals surface area (Å²) in [5.74, 6) is 2.61. The third-order valence-corrected chi connectivity index (χ3v) is 2.94. The van der Waals surface area contributed by atoms with Crippen LogP contribution >= 0.6 is 11.6 Å². The third-order valence-electron chi connectivity index (χ3n) is 2.94.